The van der Waals surface area contributed by atoms with Gasteiger partial charge in [-0.25, -0.2) is 4.98 Å². The quantitative estimate of drug-likeness (QED) is 0.933. The molecule has 0 spiro atoms. The van der Waals surface area contributed by atoms with E-state index in [9.17, 15) is 0 Å². The zero-order chi connectivity index (χ0) is 14.7. The van der Waals surface area contributed by atoms with Gasteiger partial charge in [0, 0.05) is 32.0 Å². The third kappa shape index (κ3) is 3.37. The summed E-state index contributed by atoms with van der Waals surface area (Å²) >= 11 is 0. The second kappa shape index (κ2) is 6.20. The molecule has 3 heterocycles. The Hall–Kier alpha value is -1.98. The molecule has 0 saturated carbocycles. The Balaban J connectivity index is 1.70. The Morgan fingerprint density at radius 3 is 3.10 bits per heavy atom. The van der Waals surface area contributed by atoms with E-state index in [1.54, 1.807) is 6.07 Å². The van der Waals surface area contributed by atoms with Crippen LogP contribution < -0.4 is 5.73 Å². The molecule has 0 amide bonds. The van der Waals surface area contributed by atoms with Crippen molar-refractivity contribution in [1.29, 1.82) is 0 Å². The van der Waals surface area contributed by atoms with Crippen molar-refractivity contribution in [2.75, 3.05) is 25.4 Å². The van der Waals surface area contributed by atoms with Crippen LogP contribution in [0.15, 0.2) is 36.7 Å². The second-order valence-corrected chi connectivity index (χ2v) is 5.38. The predicted molar refractivity (Wildman–Crippen MR) is 81.6 cm³/mol. The summed E-state index contributed by atoms with van der Waals surface area (Å²) in [5.41, 5.74) is 9.20. The first kappa shape index (κ1) is 14.0. The molecular formula is C16H20N4O. The maximum Gasteiger partial charge on any atom is 0.123 e. The second-order valence-electron chi connectivity index (χ2n) is 5.38. The fourth-order valence-electron chi connectivity index (χ4n) is 2.59. The highest BCUT2D eigenvalue weighted by molar-refractivity contribution is 5.29. The van der Waals surface area contributed by atoms with Crippen molar-refractivity contribution in [1.82, 2.24) is 14.9 Å². The Morgan fingerprint density at radius 2 is 2.29 bits per heavy atom. The first-order chi connectivity index (χ1) is 10.2. The number of nitrogens with zero attached hydrogens (tertiary/aromatic N) is 3. The first-order valence-corrected chi connectivity index (χ1v) is 7.18. The van der Waals surface area contributed by atoms with Crippen molar-refractivity contribution in [3.63, 3.8) is 0 Å². The fourth-order valence-corrected chi connectivity index (χ4v) is 2.59. The first-order valence-electron chi connectivity index (χ1n) is 7.18. The van der Waals surface area contributed by atoms with Crippen molar-refractivity contribution in [2.45, 2.75) is 19.6 Å². The van der Waals surface area contributed by atoms with Gasteiger partial charge in [0.05, 0.1) is 12.3 Å². The number of morpholine rings is 1. The van der Waals surface area contributed by atoms with E-state index in [2.05, 4.69) is 27.9 Å². The highest BCUT2D eigenvalue weighted by Crippen LogP contribution is 2.22. The van der Waals surface area contributed by atoms with Crippen LogP contribution in [0.2, 0.25) is 0 Å². The van der Waals surface area contributed by atoms with Gasteiger partial charge < -0.3 is 10.5 Å². The van der Waals surface area contributed by atoms with Gasteiger partial charge in [-0.2, -0.15) is 0 Å². The average molecular weight is 284 g/mol. The van der Waals surface area contributed by atoms with Crippen molar-refractivity contribution >= 4 is 5.82 Å². The number of nitrogen functional groups attached to an aromatic ring is 1. The number of hydrogen-bond acceptors (Lipinski definition) is 5. The maximum absolute atomic E-state index is 5.85. The molecule has 110 valence electrons. The SMILES string of the molecule is Cc1cnccc1CN1CCOC(c2cccc(N)n2)C1. The molecule has 1 fully saturated rings. The maximum atomic E-state index is 5.85. The van der Waals surface area contributed by atoms with Gasteiger partial charge in [-0.1, -0.05) is 6.07 Å². The van der Waals surface area contributed by atoms with Crippen LogP contribution in [0.1, 0.15) is 22.9 Å². The minimum Gasteiger partial charge on any atom is -0.384 e. The number of ether oxygens (including phenoxy) is 1. The van der Waals surface area contributed by atoms with Crippen LogP contribution in [0.25, 0.3) is 0 Å². The molecule has 0 aliphatic carbocycles. The standard InChI is InChI=1S/C16H20N4O/c1-12-9-18-6-5-13(12)10-20-7-8-21-15(11-20)14-3-2-4-16(17)19-14/h2-6,9,15H,7-8,10-11H2,1H3,(H2,17,19). The molecular weight excluding hydrogens is 264 g/mol. The van der Waals surface area contributed by atoms with Gasteiger partial charge in [0.25, 0.3) is 0 Å². The molecule has 3 rings (SSSR count). The molecule has 1 atom stereocenters. The Labute approximate surface area is 124 Å². The lowest BCUT2D eigenvalue weighted by atomic mass is 10.1. The molecule has 1 saturated heterocycles. The van der Waals surface area contributed by atoms with Crippen LogP contribution in [0.3, 0.4) is 0 Å². The van der Waals surface area contributed by atoms with Crippen LogP contribution in [0.5, 0.6) is 0 Å². The van der Waals surface area contributed by atoms with E-state index >= 15 is 0 Å². The average Bonchev–Trinajstić information content (AvgIpc) is 2.50. The summed E-state index contributed by atoms with van der Waals surface area (Å²) in [4.78, 5) is 10.9. The van der Waals surface area contributed by atoms with E-state index in [-0.39, 0.29) is 6.10 Å². The number of anilines is 1. The van der Waals surface area contributed by atoms with Crippen molar-refractivity contribution in [3.8, 4) is 0 Å². The summed E-state index contributed by atoms with van der Waals surface area (Å²) in [6, 6.07) is 7.78. The number of aromatic nitrogens is 2. The Bertz CT molecular complexity index is 617. The summed E-state index contributed by atoms with van der Waals surface area (Å²) < 4.78 is 5.85. The van der Waals surface area contributed by atoms with E-state index in [0.717, 1.165) is 25.3 Å². The number of rotatable bonds is 3. The molecule has 0 aromatic carbocycles. The predicted octanol–water partition coefficient (Wildman–Crippen LogP) is 1.94. The summed E-state index contributed by atoms with van der Waals surface area (Å²) in [5, 5.41) is 0. The van der Waals surface area contributed by atoms with Crippen LogP contribution in [0, 0.1) is 6.92 Å². The zero-order valence-corrected chi connectivity index (χ0v) is 12.2. The van der Waals surface area contributed by atoms with Crippen molar-refractivity contribution in [2.24, 2.45) is 0 Å². The molecule has 5 heteroatoms. The molecule has 2 N–H and O–H groups in total. The van der Waals surface area contributed by atoms with Crippen LogP contribution in [0.4, 0.5) is 5.82 Å². The van der Waals surface area contributed by atoms with Crippen molar-refractivity contribution in [3.05, 3.63) is 53.5 Å². The summed E-state index contributed by atoms with van der Waals surface area (Å²) in [6.45, 7) is 5.49. The number of pyridine rings is 2. The minimum absolute atomic E-state index is 0.00982. The number of hydrogen-bond donors (Lipinski definition) is 1. The van der Waals surface area contributed by atoms with E-state index in [1.807, 2.05) is 24.5 Å². The van der Waals surface area contributed by atoms with E-state index in [4.69, 9.17) is 10.5 Å². The zero-order valence-electron chi connectivity index (χ0n) is 12.2. The van der Waals surface area contributed by atoms with Gasteiger partial charge in [-0.3, -0.25) is 9.88 Å². The fraction of sp³-hybridized carbons (Fsp3) is 0.375. The van der Waals surface area contributed by atoms with Crippen LogP contribution >= 0.6 is 0 Å². The molecule has 2 aromatic rings. The highest BCUT2D eigenvalue weighted by Gasteiger charge is 2.23. The molecule has 2 aromatic heterocycles. The minimum atomic E-state index is -0.00982. The van der Waals surface area contributed by atoms with E-state index in [0.29, 0.717) is 12.4 Å². The van der Waals surface area contributed by atoms with Gasteiger partial charge in [0.15, 0.2) is 0 Å². The van der Waals surface area contributed by atoms with Gasteiger partial charge in [0.1, 0.15) is 11.9 Å². The van der Waals surface area contributed by atoms with Crippen LogP contribution in [-0.4, -0.2) is 34.6 Å². The highest BCUT2D eigenvalue weighted by atomic mass is 16.5. The largest absolute Gasteiger partial charge is 0.384 e. The molecule has 5 nitrogen and oxygen atoms in total. The molecule has 1 aliphatic rings. The lowest BCUT2D eigenvalue weighted by Crippen LogP contribution is -2.38. The summed E-state index contributed by atoms with van der Waals surface area (Å²) in [7, 11) is 0. The lowest BCUT2D eigenvalue weighted by Gasteiger charge is -2.33. The van der Waals surface area contributed by atoms with E-state index < -0.39 is 0 Å². The lowest BCUT2D eigenvalue weighted by molar-refractivity contribution is -0.0349. The van der Waals surface area contributed by atoms with Gasteiger partial charge in [0.2, 0.25) is 0 Å². The number of nitrogens with two attached hydrogens (primary N) is 1. The monoisotopic (exact) mass is 284 g/mol. The summed E-state index contributed by atoms with van der Waals surface area (Å²) in [6.07, 6.45) is 3.75. The van der Waals surface area contributed by atoms with Gasteiger partial charge >= 0.3 is 0 Å². The van der Waals surface area contributed by atoms with Crippen LogP contribution in [-0.2, 0) is 11.3 Å². The topological polar surface area (TPSA) is 64.3 Å². The molecule has 21 heavy (non-hydrogen) atoms. The Morgan fingerprint density at radius 1 is 1.38 bits per heavy atom. The third-order valence-electron chi connectivity index (χ3n) is 3.80. The van der Waals surface area contributed by atoms with Gasteiger partial charge in [-0.15, -0.1) is 0 Å². The third-order valence-corrected chi connectivity index (χ3v) is 3.80. The van der Waals surface area contributed by atoms with Gasteiger partial charge in [-0.05, 0) is 36.2 Å². The smallest absolute Gasteiger partial charge is 0.123 e. The van der Waals surface area contributed by atoms with E-state index in [1.165, 1.54) is 11.1 Å². The Kier molecular flexibility index (Phi) is 4.13. The molecule has 1 aliphatic heterocycles. The summed E-state index contributed by atoms with van der Waals surface area (Å²) in [5.74, 6) is 0.540. The van der Waals surface area contributed by atoms with Crippen molar-refractivity contribution < 1.29 is 4.74 Å². The number of aryl methyl sites for hydroxylation is 1. The molecule has 0 radical (unpaired) electrons. The molecule has 1 unspecified atom stereocenters. The molecule has 0 bridgehead atoms. The normalized spacial score (nSPS) is 19.6.